The van der Waals surface area contributed by atoms with Gasteiger partial charge in [0.05, 0.1) is 0 Å². The van der Waals surface area contributed by atoms with E-state index in [1.54, 1.807) is 0 Å². The van der Waals surface area contributed by atoms with E-state index in [1.165, 1.54) is 11.1 Å². The van der Waals surface area contributed by atoms with Crippen molar-refractivity contribution >= 4 is 5.82 Å². The Hall–Kier alpha value is -1.94. The monoisotopic (exact) mass is 270 g/mol. The summed E-state index contributed by atoms with van der Waals surface area (Å²) in [4.78, 5) is 10.7. The average Bonchev–Trinajstić information content (AvgIpc) is 2.46. The third-order valence-electron chi connectivity index (χ3n) is 3.26. The number of rotatable bonds is 6. The number of nitrogens with zero attached hydrogens (tertiary/aromatic N) is 3. The zero-order chi connectivity index (χ0) is 14.4. The normalized spacial score (nSPS) is 12.2. The van der Waals surface area contributed by atoms with Gasteiger partial charge in [-0.25, -0.2) is 4.98 Å². The van der Waals surface area contributed by atoms with Crippen LogP contribution in [0.4, 0.5) is 5.82 Å². The summed E-state index contributed by atoms with van der Waals surface area (Å²) < 4.78 is 0. The number of nitrogens with two attached hydrogens (primary N) is 1. The highest BCUT2D eigenvalue weighted by molar-refractivity contribution is 5.46. The molecular weight excluding hydrogens is 248 g/mol. The van der Waals surface area contributed by atoms with Crippen LogP contribution in [0.1, 0.15) is 18.1 Å². The van der Waals surface area contributed by atoms with Crippen molar-refractivity contribution in [2.24, 2.45) is 5.73 Å². The lowest BCUT2D eigenvalue weighted by atomic mass is 10.1. The Kier molecular flexibility index (Phi) is 5.07. The molecule has 106 valence electrons. The maximum atomic E-state index is 5.91. The molecular formula is C16H22N4. The van der Waals surface area contributed by atoms with Crippen LogP contribution in [0.25, 0.3) is 0 Å². The molecule has 20 heavy (non-hydrogen) atoms. The van der Waals surface area contributed by atoms with Crippen molar-refractivity contribution in [1.82, 2.24) is 9.97 Å². The molecule has 1 atom stereocenters. The number of anilines is 1. The molecule has 0 saturated heterocycles. The molecule has 0 bridgehead atoms. The van der Waals surface area contributed by atoms with Crippen LogP contribution in [-0.2, 0) is 12.8 Å². The molecule has 2 heterocycles. The number of likely N-dealkylation sites (N-methyl/N-ethyl adjacent to an activating group) is 1. The summed E-state index contributed by atoms with van der Waals surface area (Å²) in [5, 5.41) is 0. The molecule has 0 amide bonds. The van der Waals surface area contributed by atoms with Gasteiger partial charge in [-0.1, -0.05) is 6.07 Å². The Morgan fingerprint density at radius 3 is 2.65 bits per heavy atom. The minimum Gasteiger partial charge on any atom is -0.359 e. The lowest BCUT2D eigenvalue weighted by molar-refractivity contribution is 0.729. The van der Waals surface area contributed by atoms with E-state index in [1.807, 2.05) is 31.6 Å². The highest BCUT2D eigenvalue weighted by atomic mass is 15.2. The fourth-order valence-corrected chi connectivity index (χ4v) is 2.23. The first-order chi connectivity index (χ1) is 9.66. The molecule has 0 aromatic carbocycles. The quantitative estimate of drug-likeness (QED) is 0.873. The Labute approximate surface area is 120 Å². The van der Waals surface area contributed by atoms with Crippen LogP contribution < -0.4 is 10.6 Å². The Bertz CT molecular complexity index is 525. The van der Waals surface area contributed by atoms with Crippen molar-refractivity contribution in [2.75, 3.05) is 18.5 Å². The molecule has 2 rings (SSSR count). The summed E-state index contributed by atoms with van der Waals surface area (Å²) in [5.41, 5.74) is 8.40. The predicted octanol–water partition coefficient (Wildman–Crippen LogP) is 2.05. The third kappa shape index (κ3) is 4.03. The first kappa shape index (κ1) is 14.5. The zero-order valence-electron chi connectivity index (χ0n) is 12.2. The van der Waals surface area contributed by atoms with E-state index in [9.17, 15) is 0 Å². The van der Waals surface area contributed by atoms with Gasteiger partial charge in [0.1, 0.15) is 5.82 Å². The van der Waals surface area contributed by atoms with Crippen LogP contribution in [0.5, 0.6) is 0 Å². The van der Waals surface area contributed by atoms with Crippen LogP contribution in [-0.4, -0.2) is 29.6 Å². The first-order valence-corrected chi connectivity index (χ1v) is 6.96. The van der Waals surface area contributed by atoms with Gasteiger partial charge in [0.25, 0.3) is 0 Å². The largest absolute Gasteiger partial charge is 0.359 e. The van der Waals surface area contributed by atoms with Crippen molar-refractivity contribution in [3.8, 4) is 0 Å². The van der Waals surface area contributed by atoms with E-state index in [0.29, 0.717) is 0 Å². The number of pyridine rings is 2. The number of hydrogen-bond acceptors (Lipinski definition) is 4. The Morgan fingerprint density at radius 2 is 1.95 bits per heavy atom. The van der Waals surface area contributed by atoms with Crippen LogP contribution in [0.3, 0.4) is 0 Å². The average molecular weight is 270 g/mol. The first-order valence-electron chi connectivity index (χ1n) is 6.96. The van der Waals surface area contributed by atoms with Crippen molar-refractivity contribution in [3.63, 3.8) is 0 Å². The van der Waals surface area contributed by atoms with Crippen LogP contribution >= 0.6 is 0 Å². The van der Waals surface area contributed by atoms with E-state index in [-0.39, 0.29) is 6.04 Å². The summed E-state index contributed by atoms with van der Waals surface area (Å²) in [6, 6.07) is 8.32. The van der Waals surface area contributed by atoms with Gasteiger partial charge in [-0.05, 0) is 49.1 Å². The molecule has 2 aromatic rings. The molecule has 0 saturated carbocycles. The fourth-order valence-electron chi connectivity index (χ4n) is 2.23. The lowest BCUT2D eigenvalue weighted by Crippen LogP contribution is -2.25. The summed E-state index contributed by atoms with van der Waals surface area (Å²) in [6.45, 7) is 2.95. The van der Waals surface area contributed by atoms with E-state index < -0.39 is 0 Å². The standard InChI is InChI=1S/C16H22N4/c1-13(17)12-15-4-3-8-19-16(15)20(2)11-7-14-5-9-18-10-6-14/h3-6,8-10,13H,7,11-12,17H2,1-2H3. The van der Waals surface area contributed by atoms with Crippen molar-refractivity contribution in [1.29, 1.82) is 0 Å². The molecule has 2 N–H and O–H groups in total. The van der Waals surface area contributed by atoms with E-state index in [0.717, 1.165) is 25.2 Å². The van der Waals surface area contributed by atoms with Crippen molar-refractivity contribution < 1.29 is 0 Å². The Balaban J connectivity index is 2.03. The molecule has 0 aliphatic heterocycles. The van der Waals surface area contributed by atoms with Crippen LogP contribution in [0.15, 0.2) is 42.9 Å². The molecule has 0 aliphatic carbocycles. The molecule has 2 aromatic heterocycles. The van der Waals surface area contributed by atoms with Crippen molar-refractivity contribution in [2.45, 2.75) is 25.8 Å². The van der Waals surface area contributed by atoms with Gasteiger partial charge >= 0.3 is 0 Å². The zero-order valence-corrected chi connectivity index (χ0v) is 12.2. The SMILES string of the molecule is CC(N)Cc1cccnc1N(C)CCc1ccncc1. The molecule has 0 spiro atoms. The maximum Gasteiger partial charge on any atom is 0.131 e. The summed E-state index contributed by atoms with van der Waals surface area (Å²) in [7, 11) is 2.08. The maximum absolute atomic E-state index is 5.91. The van der Waals surface area contributed by atoms with E-state index in [2.05, 4.69) is 40.1 Å². The molecule has 1 unspecified atom stereocenters. The summed E-state index contributed by atoms with van der Waals surface area (Å²) in [5.74, 6) is 1.03. The molecule has 4 heteroatoms. The van der Waals surface area contributed by atoms with E-state index >= 15 is 0 Å². The second-order valence-electron chi connectivity index (χ2n) is 5.19. The number of hydrogen-bond donors (Lipinski definition) is 1. The minimum atomic E-state index is 0.145. The van der Waals surface area contributed by atoms with Gasteiger partial charge in [0.2, 0.25) is 0 Å². The second kappa shape index (κ2) is 7.01. The molecule has 0 aliphatic rings. The highest BCUT2D eigenvalue weighted by Crippen LogP contribution is 2.17. The van der Waals surface area contributed by atoms with Gasteiger partial charge in [-0.15, -0.1) is 0 Å². The fraction of sp³-hybridized carbons (Fsp3) is 0.375. The topological polar surface area (TPSA) is 55.0 Å². The minimum absolute atomic E-state index is 0.145. The van der Waals surface area contributed by atoms with Crippen LogP contribution in [0.2, 0.25) is 0 Å². The smallest absolute Gasteiger partial charge is 0.131 e. The number of aromatic nitrogens is 2. The van der Waals surface area contributed by atoms with Gasteiger partial charge in [0.15, 0.2) is 0 Å². The molecule has 0 radical (unpaired) electrons. The van der Waals surface area contributed by atoms with Crippen LogP contribution in [0, 0.1) is 0 Å². The highest BCUT2D eigenvalue weighted by Gasteiger charge is 2.10. The van der Waals surface area contributed by atoms with E-state index in [4.69, 9.17) is 5.73 Å². The Morgan fingerprint density at radius 1 is 1.20 bits per heavy atom. The lowest BCUT2D eigenvalue weighted by Gasteiger charge is -2.21. The second-order valence-corrected chi connectivity index (χ2v) is 5.19. The molecule has 0 fully saturated rings. The van der Waals surface area contributed by atoms with Gasteiger partial charge < -0.3 is 10.6 Å². The van der Waals surface area contributed by atoms with Crippen molar-refractivity contribution in [3.05, 3.63) is 54.0 Å². The van der Waals surface area contributed by atoms with Gasteiger partial charge in [0, 0.05) is 38.2 Å². The summed E-state index contributed by atoms with van der Waals surface area (Å²) in [6.07, 6.45) is 7.33. The van der Waals surface area contributed by atoms with Gasteiger partial charge in [-0.3, -0.25) is 4.98 Å². The summed E-state index contributed by atoms with van der Waals surface area (Å²) >= 11 is 0. The third-order valence-corrected chi connectivity index (χ3v) is 3.26. The van der Waals surface area contributed by atoms with Gasteiger partial charge in [-0.2, -0.15) is 0 Å². The molecule has 4 nitrogen and oxygen atoms in total. The predicted molar refractivity (Wildman–Crippen MR) is 82.8 cm³/mol.